The average molecular weight is 336 g/mol. The second-order valence-corrected chi connectivity index (χ2v) is 5.68. The number of aliphatic hydroxyl groups is 1. The molecule has 2 aliphatic rings. The minimum atomic E-state index is -0.929. The van der Waals surface area contributed by atoms with Crippen LogP contribution >= 0.6 is 0 Å². The highest BCUT2D eigenvalue weighted by molar-refractivity contribution is 5.98. The molecule has 0 aliphatic carbocycles. The molecule has 24 heavy (non-hydrogen) atoms. The molecule has 8 nitrogen and oxygen atoms in total. The van der Waals surface area contributed by atoms with Crippen LogP contribution in [0, 0.1) is 5.82 Å². The van der Waals surface area contributed by atoms with Gasteiger partial charge in [0.15, 0.2) is 0 Å². The molecule has 9 heteroatoms. The maximum atomic E-state index is 13.2. The third-order valence-electron chi connectivity index (χ3n) is 4.13. The number of benzene rings is 1. The summed E-state index contributed by atoms with van der Waals surface area (Å²) in [6, 6.07) is 3.31. The van der Waals surface area contributed by atoms with Crippen molar-refractivity contribution in [2.45, 2.75) is 12.1 Å². The molecule has 128 valence electrons. The normalized spacial score (nSPS) is 23.6. The lowest BCUT2D eigenvalue weighted by molar-refractivity contribution is -0.153. The highest BCUT2D eigenvalue weighted by Gasteiger charge is 2.44. The summed E-state index contributed by atoms with van der Waals surface area (Å²) in [5.74, 6) is -1.23. The molecule has 3 rings (SSSR count). The number of carbonyl (C=O) groups excluding carboxylic acids is 3. The third kappa shape index (κ3) is 3.02. The van der Waals surface area contributed by atoms with Crippen molar-refractivity contribution in [3.63, 3.8) is 0 Å². The Bertz CT molecular complexity index is 683. The first kappa shape index (κ1) is 16.2. The summed E-state index contributed by atoms with van der Waals surface area (Å²) in [5.41, 5.74) is 0.312. The summed E-state index contributed by atoms with van der Waals surface area (Å²) in [6.07, 6.45) is 0. The number of halogens is 1. The van der Waals surface area contributed by atoms with Crippen molar-refractivity contribution < 1.29 is 23.9 Å². The van der Waals surface area contributed by atoms with E-state index in [2.05, 4.69) is 10.6 Å². The Kier molecular flexibility index (Phi) is 4.34. The summed E-state index contributed by atoms with van der Waals surface area (Å²) < 4.78 is 13.2. The molecule has 0 saturated carbocycles. The van der Waals surface area contributed by atoms with Crippen molar-refractivity contribution in [2.24, 2.45) is 0 Å². The number of nitrogens with zero attached hydrogens (tertiary/aromatic N) is 2. The number of rotatable bonds is 2. The molecule has 2 aliphatic heterocycles. The summed E-state index contributed by atoms with van der Waals surface area (Å²) >= 11 is 0. The molecule has 0 unspecified atom stereocenters. The number of hydrogen-bond donors (Lipinski definition) is 3. The van der Waals surface area contributed by atoms with E-state index >= 15 is 0 Å². The summed E-state index contributed by atoms with van der Waals surface area (Å²) in [5, 5.41) is 14.1. The molecule has 4 amide bonds. The molecule has 2 saturated heterocycles. The molecule has 2 atom stereocenters. The average Bonchev–Trinajstić information content (AvgIpc) is 2.57. The Morgan fingerprint density at radius 1 is 1.38 bits per heavy atom. The monoisotopic (exact) mass is 336 g/mol. The van der Waals surface area contributed by atoms with Crippen molar-refractivity contribution in [1.29, 1.82) is 0 Å². The van der Waals surface area contributed by atoms with Crippen molar-refractivity contribution in [3.8, 4) is 0 Å². The zero-order chi connectivity index (χ0) is 17.3. The van der Waals surface area contributed by atoms with Crippen LogP contribution in [0.25, 0.3) is 0 Å². The predicted octanol–water partition coefficient (Wildman–Crippen LogP) is -0.639. The Balaban J connectivity index is 1.67. The van der Waals surface area contributed by atoms with Gasteiger partial charge in [0.2, 0.25) is 11.8 Å². The zero-order valence-corrected chi connectivity index (χ0v) is 12.7. The van der Waals surface area contributed by atoms with Gasteiger partial charge < -0.3 is 25.5 Å². The summed E-state index contributed by atoms with van der Waals surface area (Å²) in [4.78, 5) is 39.3. The first-order valence-electron chi connectivity index (χ1n) is 7.53. The van der Waals surface area contributed by atoms with E-state index in [1.54, 1.807) is 6.07 Å². The molecule has 0 radical (unpaired) electrons. The first-order chi connectivity index (χ1) is 11.5. The lowest BCUT2D eigenvalue weighted by Gasteiger charge is -2.44. The number of hydrogen-bond acceptors (Lipinski definition) is 4. The van der Waals surface area contributed by atoms with Crippen LogP contribution in [0.5, 0.6) is 0 Å². The van der Waals surface area contributed by atoms with Crippen LogP contribution in [-0.2, 0) is 9.59 Å². The van der Waals surface area contributed by atoms with E-state index in [0.29, 0.717) is 5.69 Å². The number of aliphatic hydroxyl groups excluding tert-OH is 1. The number of urea groups is 1. The van der Waals surface area contributed by atoms with Gasteiger partial charge in [-0.15, -0.1) is 0 Å². The quantitative estimate of drug-likeness (QED) is 0.669. The number of nitrogens with one attached hydrogen (secondary N) is 2. The molecule has 0 bridgehead atoms. The minimum Gasteiger partial charge on any atom is -0.394 e. The van der Waals surface area contributed by atoms with E-state index in [0.717, 1.165) is 0 Å². The van der Waals surface area contributed by atoms with Crippen molar-refractivity contribution in [2.75, 3.05) is 31.6 Å². The number of carbonyl (C=O) groups is 3. The second kappa shape index (κ2) is 6.44. The van der Waals surface area contributed by atoms with Crippen molar-refractivity contribution in [3.05, 3.63) is 30.1 Å². The molecule has 2 heterocycles. The number of amides is 4. The van der Waals surface area contributed by atoms with Crippen LogP contribution in [0.3, 0.4) is 0 Å². The fourth-order valence-corrected chi connectivity index (χ4v) is 2.88. The zero-order valence-electron chi connectivity index (χ0n) is 12.7. The SMILES string of the molecule is O=C1N[C@H](CO)C(=O)N2CCN(C(=O)Nc3cccc(F)c3)C[C@H]12. The first-order valence-corrected chi connectivity index (χ1v) is 7.53. The van der Waals surface area contributed by atoms with Crippen molar-refractivity contribution in [1.82, 2.24) is 15.1 Å². The molecule has 3 N–H and O–H groups in total. The van der Waals surface area contributed by atoms with Gasteiger partial charge in [0.25, 0.3) is 0 Å². The fourth-order valence-electron chi connectivity index (χ4n) is 2.88. The van der Waals surface area contributed by atoms with Gasteiger partial charge in [-0.1, -0.05) is 6.07 Å². The second-order valence-electron chi connectivity index (χ2n) is 5.68. The minimum absolute atomic E-state index is 0.0386. The van der Waals surface area contributed by atoms with Crippen molar-refractivity contribution >= 4 is 23.5 Å². The largest absolute Gasteiger partial charge is 0.394 e. The summed E-state index contributed by atoms with van der Waals surface area (Å²) in [6.45, 7) is 0.0211. The van der Waals surface area contributed by atoms with Gasteiger partial charge in [0.1, 0.15) is 17.9 Å². The Morgan fingerprint density at radius 2 is 2.17 bits per heavy atom. The highest BCUT2D eigenvalue weighted by Crippen LogP contribution is 2.17. The fraction of sp³-hybridized carbons (Fsp3) is 0.400. The number of fused-ring (bicyclic) bond motifs is 1. The molecular formula is C15H17FN4O4. The topological polar surface area (TPSA) is 102 Å². The molecule has 0 spiro atoms. The molecule has 0 aromatic heterocycles. The van der Waals surface area contributed by atoms with Gasteiger partial charge >= 0.3 is 6.03 Å². The van der Waals surface area contributed by atoms with E-state index in [9.17, 15) is 18.8 Å². The lowest BCUT2D eigenvalue weighted by atomic mass is 10.0. The van der Waals surface area contributed by atoms with E-state index in [-0.39, 0.29) is 25.5 Å². The van der Waals surface area contributed by atoms with E-state index in [4.69, 9.17) is 5.11 Å². The van der Waals surface area contributed by atoms with Gasteiger partial charge in [0.05, 0.1) is 13.2 Å². The molecule has 2 fully saturated rings. The number of piperazine rings is 2. The van der Waals surface area contributed by atoms with Crippen LogP contribution in [-0.4, -0.2) is 71.1 Å². The van der Waals surface area contributed by atoms with Crippen LogP contribution in [0.4, 0.5) is 14.9 Å². The standard InChI is InChI=1S/C15H17FN4O4/c16-9-2-1-3-10(6-9)17-15(24)19-4-5-20-12(7-19)13(22)18-11(8-21)14(20)23/h1-3,6,11-12,21H,4-5,7-8H2,(H,17,24)(H,18,22)/t11-,12-/m1/s1. The van der Waals surface area contributed by atoms with Crippen LogP contribution in [0.15, 0.2) is 24.3 Å². The number of anilines is 1. The molecule has 1 aromatic rings. The van der Waals surface area contributed by atoms with Gasteiger partial charge in [-0.2, -0.15) is 0 Å². The smallest absolute Gasteiger partial charge is 0.321 e. The van der Waals surface area contributed by atoms with Gasteiger partial charge in [-0.3, -0.25) is 9.59 Å². The van der Waals surface area contributed by atoms with E-state index in [1.165, 1.54) is 28.0 Å². The van der Waals surface area contributed by atoms with Crippen LogP contribution in [0.1, 0.15) is 0 Å². The maximum absolute atomic E-state index is 13.2. The van der Waals surface area contributed by atoms with Gasteiger partial charge in [0, 0.05) is 18.8 Å². The van der Waals surface area contributed by atoms with Crippen LogP contribution < -0.4 is 10.6 Å². The predicted molar refractivity (Wildman–Crippen MR) is 81.5 cm³/mol. The Hall–Kier alpha value is -2.68. The van der Waals surface area contributed by atoms with E-state index in [1.807, 2.05) is 0 Å². The highest BCUT2D eigenvalue weighted by atomic mass is 19.1. The maximum Gasteiger partial charge on any atom is 0.321 e. The molecular weight excluding hydrogens is 319 g/mol. The Morgan fingerprint density at radius 3 is 2.88 bits per heavy atom. The third-order valence-corrected chi connectivity index (χ3v) is 4.13. The van der Waals surface area contributed by atoms with E-state index < -0.39 is 36.4 Å². The van der Waals surface area contributed by atoms with Gasteiger partial charge in [-0.25, -0.2) is 9.18 Å². The molecule has 1 aromatic carbocycles. The lowest BCUT2D eigenvalue weighted by Crippen LogP contribution is -2.70. The Labute approximate surface area is 137 Å². The van der Waals surface area contributed by atoms with Gasteiger partial charge in [-0.05, 0) is 18.2 Å². The van der Waals surface area contributed by atoms with Crippen LogP contribution in [0.2, 0.25) is 0 Å². The summed E-state index contributed by atoms with van der Waals surface area (Å²) in [7, 11) is 0.